The Bertz CT molecular complexity index is 336. The molecule has 0 spiro atoms. The quantitative estimate of drug-likeness (QED) is 0.661. The monoisotopic (exact) mass is 278 g/mol. The smallest absolute Gasteiger partial charge is 0.407 e. The summed E-state index contributed by atoms with van der Waals surface area (Å²) >= 11 is 5.33. The molecule has 0 aliphatic carbocycles. The standard InChI is InChI=1S/C10H15ClN2O5/c11-1-4-18-10(17)12-2-3-13-6-7(9(15)16)5-8(13)14/h7H,1-6H2,(H,12,17)(H,15,16). The number of halogens is 1. The Morgan fingerprint density at radius 3 is 2.83 bits per heavy atom. The molecule has 0 saturated carbocycles. The first-order valence-electron chi connectivity index (χ1n) is 5.51. The lowest BCUT2D eigenvalue weighted by molar-refractivity contribution is -0.141. The van der Waals surface area contributed by atoms with Gasteiger partial charge in [-0.15, -0.1) is 11.6 Å². The van der Waals surface area contributed by atoms with Crippen molar-refractivity contribution in [1.82, 2.24) is 10.2 Å². The molecule has 1 heterocycles. The van der Waals surface area contributed by atoms with Crippen molar-refractivity contribution in [2.75, 3.05) is 32.1 Å². The fraction of sp³-hybridized carbons (Fsp3) is 0.700. The molecule has 1 aliphatic rings. The molecule has 18 heavy (non-hydrogen) atoms. The first-order chi connectivity index (χ1) is 8.54. The molecule has 2 N–H and O–H groups in total. The second-order valence-electron chi connectivity index (χ2n) is 3.83. The van der Waals surface area contributed by atoms with E-state index in [1.54, 1.807) is 0 Å². The summed E-state index contributed by atoms with van der Waals surface area (Å²) in [6.07, 6.45) is -0.580. The lowest BCUT2D eigenvalue weighted by Crippen LogP contribution is -2.36. The maximum atomic E-state index is 11.4. The zero-order valence-electron chi connectivity index (χ0n) is 9.73. The Labute approximate surface area is 109 Å². The highest BCUT2D eigenvalue weighted by atomic mass is 35.5. The molecule has 102 valence electrons. The Kier molecular flexibility index (Phi) is 5.70. The molecule has 2 amide bonds. The van der Waals surface area contributed by atoms with Crippen LogP contribution in [0.4, 0.5) is 4.79 Å². The van der Waals surface area contributed by atoms with Gasteiger partial charge in [0.2, 0.25) is 5.91 Å². The predicted molar refractivity (Wildman–Crippen MR) is 62.4 cm³/mol. The summed E-state index contributed by atoms with van der Waals surface area (Å²) in [5.74, 6) is -1.61. The third-order valence-corrected chi connectivity index (χ3v) is 2.68. The lowest BCUT2D eigenvalue weighted by atomic mass is 10.1. The summed E-state index contributed by atoms with van der Waals surface area (Å²) < 4.78 is 4.66. The minimum absolute atomic E-state index is 0.0199. The van der Waals surface area contributed by atoms with Gasteiger partial charge in [-0.3, -0.25) is 9.59 Å². The SMILES string of the molecule is O=C(NCCN1CC(C(=O)O)CC1=O)OCCCl. The number of amides is 2. The van der Waals surface area contributed by atoms with E-state index in [4.69, 9.17) is 16.7 Å². The van der Waals surface area contributed by atoms with Crippen LogP contribution in [0, 0.1) is 5.92 Å². The van der Waals surface area contributed by atoms with Gasteiger partial charge in [0.1, 0.15) is 6.61 Å². The summed E-state index contributed by atoms with van der Waals surface area (Å²) in [5.41, 5.74) is 0. The van der Waals surface area contributed by atoms with Gasteiger partial charge in [-0.2, -0.15) is 0 Å². The average Bonchev–Trinajstić information content (AvgIpc) is 2.69. The van der Waals surface area contributed by atoms with Crippen LogP contribution in [-0.4, -0.2) is 60.1 Å². The number of carboxylic acid groups (broad SMARTS) is 1. The van der Waals surface area contributed by atoms with Gasteiger partial charge in [0.25, 0.3) is 0 Å². The number of carbonyl (C=O) groups is 3. The summed E-state index contributed by atoms with van der Waals surface area (Å²) in [6, 6.07) is 0. The molecular formula is C10H15ClN2O5. The van der Waals surface area contributed by atoms with Gasteiger partial charge in [0.15, 0.2) is 0 Å². The van der Waals surface area contributed by atoms with Gasteiger partial charge in [-0.25, -0.2) is 4.79 Å². The Morgan fingerprint density at radius 1 is 1.56 bits per heavy atom. The summed E-state index contributed by atoms with van der Waals surface area (Å²) in [6.45, 7) is 0.807. The van der Waals surface area contributed by atoms with Crippen molar-refractivity contribution in [2.45, 2.75) is 6.42 Å². The van der Waals surface area contributed by atoms with Crippen LogP contribution in [0.3, 0.4) is 0 Å². The van der Waals surface area contributed by atoms with Gasteiger partial charge >= 0.3 is 12.1 Å². The Hall–Kier alpha value is -1.50. The van der Waals surface area contributed by atoms with E-state index >= 15 is 0 Å². The zero-order valence-corrected chi connectivity index (χ0v) is 10.5. The van der Waals surface area contributed by atoms with Crippen LogP contribution in [-0.2, 0) is 14.3 Å². The molecule has 7 nitrogen and oxygen atoms in total. The first-order valence-corrected chi connectivity index (χ1v) is 6.05. The number of nitrogens with one attached hydrogen (secondary N) is 1. The van der Waals surface area contributed by atoms with Crippen molar-refractivity contribution < 1.29 is 24.2 Å². The average molecular weight is 279 g/mol. The number of ether oxygens (including phenoxy) is 1. The van der Waals surface area contributed by atoms with Crippen LogP contribution >= 0.6 is 11.6 Å². The molecular weight excluding hydrogens is 264 g/mol. The number of carbonyl (C=O) groups excluding carboxylic acids is 2. The predicted octanol–water partition coefficient (Wildman–Crippen LogP) is -0.116. The van der Waals surface area contributed by atoms with E-state index in [-0.39, 0.29) is 44.4 Å². The number of alkyl carbamates (subject to hydrolysis) is 1. The van der Waals surface area contributed by atoms with E-state index in [9.17, 15) is 14.4 Å². The van der Waals surface area contributed by atoms with Crippen LogP contribution in [0.2, 0.25) is 0 Å². The van der Waals surface area contributed by atoms with Crippen molar-refractivity contribution >= 4 is 29.6 Å². The summed E-state index contributed by atoms with van der Waals surface area (Å²) in [7, 11) is 0. The molecule has 8 heteroatoms. The molecule has 0 aromatic carbocycles. The van der Waals surface area contributed by atoms with Crippen LogP contribution in [0.5, 0.6) is 0 Å². The second-order valence-corrected chi connectivity index (χ2v) is 4.21. The van der Waals surface area contributed by atoms with Gasteiger partial charge < -0.3 is 20.1 Å². The van der Waals surface area contributed by atoms with Crippen molar-refractivity contribution in [3.63, 3.8) is 0 Å². The maximum Gasteiger partial charge on any atom is 0.407 e. The van der Waals surface area contributed by atoms with Gasteiger partial charge in [-0.05, 0) is 0 Å². The van der Waals surface area contributed by atoms with Crippen molar-refractivity contribution in [1.29, 1.82) is 0 Å². The third-order valence-electron chi connectivity index (χ3n) is 2.53. The van der Waals surface area contributed by atoms with Crippen molar-refractivity contribution in [3.8, 4) is 0 Å². The van der Waals surface area contributed by atoms with Crippen molar-refractivity contribution in [3.05, 3.63) is 0 Å². The van der Waals surface area contributed by atoms with E-state index in [0.717, 1.165) is 0 Å². The topological polar surface area (TPSA) is 95.9 Å². The highest BCUT2D eigenvalue weighted by Gasteiger charge is 2.33. The molecule has 1 atom stereocenters. The number of alkyl halides is 1. The minimum Gasteiger partial charge on any atom is -0.481 e. The van der Waals surface area contributed by atoms with Gasteiger partial charge in [0.05, 0.1) is 11.8 Å². The largest absolute Gasteiger partial charge is 0.481 e. The second kappa shape index (κ2) is 7.05. The fourth-order valence-electron chi connectivity index (χ4n) is 1.63. The van der Waals surface area contributed by atoms with Crippen LogP contribution in [0.1, 0.15) is 6.42 Å². The minimum atomic E-state index is -0.972. The number of nitrogens with zero attached hydrogens (tertiary/aromatic N) is 1. The van der Waals surface area contributed by atoms with Gasteiger partial charge in [-0.1, -0.05) is 0 Å². The highest BCUT2D eigenvalue weighted by Crippen LogP contribution is 2.16. The van der Waals surface area contributed by atoms with E-state index in [1.807, 2.05) is 0 Å². The van der Waals surface area contributed by atoms with E-state index in [1.165, 1.54) is 4.90 Å². The Morgan fingerprint density at radius 2 is 2.28 bits per heavy atom. The molecule has 0 radical (unpaired) electrons. The van der Waals surface area contributed by atoms with E-state index in [2.05, 4.69) is 10.1 Å². The zero-order chi connectivity index (χ0) is 13.5. The highest BCUT2D eigenvalue weighted by molar-refractivity contribution is 6.18. The molecule has 0 bridgehead atoms. The van der Waals surface area contributed by atoms with Crippen LogP contribution in [0.25, 0.3) is 0 Å². The first kappa shape index (κ1) is 14.6. The summed E-state index contributed by atoms with van der Waals surface area (Å²) in [5, 5.41) is 11.2. The van der Waals surface area contributed by atoms with Gasteiger partial charge in [0, 0.05) is 26.1 Å². The molecule has 1 unspecified atom stereocenters. The van der Waals surface area contributed by atoms with E-state index < -0.39 is 18.0 Å². The lowest BCUT2D eigenvalue weighted by Gasteiger charge is -2.16. The molecule has 0 aromatic heterocycles. The maximum absolute atomic E-state index is 11.4. The molecule has 1 saturated heterocycles. The number of rotatable bonds is 6. The van der Waals surface area contributed by atoms with Crippen molar-refractivity contribution in [2.24, 2.45) is 5.92 Å². The van der Waals surface area contributed by atoms with Crippen LogP contribution < -0.4 is 5.32 Å². The molecule has 0 aromatic rings. The number of hydrogen-bond donors (Lipinski definition) is 2. The Balaban J connectivity index is 2.22. The molecule has 1 fully saturated rings. The number of carboxylic acids is 1. The van der Waals surface area contributed by atoms with Crippen LogP contribution in [0.15, 0.2) is 0 Å². The normalized spacial score (nSPS) is 18.8. The fourth-order valence-corrected chi connectivity index (χ4v) is 1.71. The number of likely N-dealkylation sites (tertiary alicyclic amines) is 1. The third kappa shape index (κ3) is 4.40. The number of aliphatic carboxylic acids is 1. The molecule has 1 aliphatic heterocycles. The van der Waals surface area contributed by atoms with E-state index in [0.29, 0.717) is 0 Å². The molecule has 1 rings (SSSR count). The summed E-state index contributed by atoms with van der Waals surface area (Å²) in [4.78, 5) is 34.6. The number of hydrogen-bond acceptors (Lipinski definition) is 4.